The first-order valence-electron chi connectivity index (χ1n) is 8.68. The van der Waals surface area contributed by atoms with Gasteiger partial charge in [-0.1, -0.05) is 19.9 Å². The topological polar surface area (TPSA) is 72.7 Å². The number of aromatic nitrogens is 2. The summed E-state index contributed by atoms with van der Waals surface area (Å²) in [6.45, 7) is 4.30. The molecule has 6 nitrogen and oxygen atoms in total. The van der Waals surface area contributed by atoms with Crippen molar-refractivity contribution in [3.63, 3.8) is 0 Å². The van der Waals surface area contributed by atoms with E-state index in [-0.39, 0.29) is 11.9 Å². The van der Waals surface area contributed by atoms with Gasteiger partial charge in [-0.05, 0) is 49.2 Å². The van der Waals surface area contributed by atoms with Crippen molar-refractivity contribution in [3.05, 3.63) is 65.6 Å². The molecule has 0 atom stereocenters. The van der Waals surface area contributed by atoms with Crippen LogP contribution in [0.1, 0.15) is 46.8 Å². The first kappa shape index (κ1) is 17.7. The Kier molecular flexibility index (Phi) is 5.31. The van der Waals surface area contributed by atoms with E-state index in [1.165, 1.54) is 0 Å². The van der Waals surface area contributed by atoms with Crippen molar-refractivity contribution in [2.24, 2.45) is 0 Å². The van der Waals surface area contributed by atoms with E-state index in [0.717, 1.165) is 17.8 Å². The van der Waals surface area contributed by atoms with Gasteiger partial charge in [0.1, 0.15) is 11.3 Å². The SMILES string of the molecule is CCCOC(=O)c1ccc(NC(=O)c2c(CC)nc3ccccn23)cc1. The zero-order valence-electron chi connectivity index (χ0n) is 14.9. The van der Waals surface area contributed by atoms with Gasteiger partial charge >= 0.3 is 5.97 Å². The molecule has 6 heteroatoms. The summed E-state index contributed by atoms with van der Waals surface area (Å²) in [6.07, 6.45) is 3.26. The molecule has 3 rings (SSSR count). The molecule has 134 valence electrons. The number of hydrogen-bond donors (Lipinski definition) is 1. The largest absolute Gasteiger partial charge is 0.462 e. The molecule has 0 aliphatic heterocycles. The normalized spacial score (nSPS) is 10.7. The Labute approximate surface area is 151 Å². The highest BCUT2D eigenvalue weighted by molar-refractivity contribution is 6.04. The first-order chi connectivity index (χ1) is 12.6. The van der Waals surface area contributed by atoms with Crippen LogP contribution < -0.4 is 5.32 Å². The maximum absolute atomic E-state index is 12.8. The van der Waals surface area contributed by atoms with Crippen LogP contribution in [-0.2, 0) is 11.2 Å². The van der Waals surface area contributed by atoms with Gasteiger partial charge in [0.25, 0.3) is 5.91 Å². The highest BCUT2D eigenvalue weighted by atomic mass is 16.5. The molecule has 26 heavy (non-hydrogen) atoms. The molecule has 1 N–H and O–H groups in total. The Morgan fingerprint density at radius 2 is 1.88 bits per heavy atom. The molecule has 0 saturated carbocycles. The standard InChI is InChI=1S/C20H21N3O3/c1-3-13-26-20(25)14-8-10-15(11-9-14)21-19(24)18-16(4-2)22-17-7-5-6-12-23(17)18/h5-12H,3-4,13H2,1-2H3,(H,21,24). The third kappa shape index (κ3) is 3.59. The third-order valence-electron chi connectivity index (χ3n) is 3.97. The van der Waals surface area contributed by atoms with Crippen LogP contribution in [0.25, 0.3) is 5.65 Å². The van der Waals surface area contributed by atoms with Crippen molar-refractivity contribution in [2.75, 3.05) is 11.9 Å². The summed E-state index contributed by atoms with van der Waals surface area (Å²) >= 11 is 0. The molecule has 0 aliphatic carbocycles. The van der Waals surface area contributed by atoms with Gasteiger partial charge in [-0.15, -0.1) is 0 Å². The maximum atomic E-state index is 12.8. The van der Waals surface area contributed by atoms with Crippen LogP contribution in [0.4, 0.5) is 5.69 Å². The number of nitrogens with one attached hydrogen (secondary N) is 1. The van der Waals surface area contributed by atoms with E-state index in [2.05, 4.69) is 10.3 Å². The lowest BCUT2D eigenvalue weighted by Crippen LogP contribution is -2.16. The molecule has 0 spiro atoms. The number of nitrogens with zero attached hydrogens (tertiary/aromatic N) is 2. The minimum atomic E-state index is -0.361. The molecule has 0 radical (unpaired) electrons. The highest BCUT2D eigenvalue weighted by Crippen LogP contribution is 2.17. The maximum Gasteiger partial charge on any atom is 0.338 e. The summed E-state index contributed by atoms with van der Waals surface area (Å²) in [5, 5.41) is 2.87. The zero-order valence-corrected chi connectivity index (χ0v) is 14.9. The van der Waals surface area contributed by atoms with Gasteiger partial charge in [0.2, 0.25) is 0 Å². The van der Waals surface area contributed by atoms with E-state index in [1.54, 1.807) is 28.7 Å². The van der Waals surface area contributed by atoms with Crippen LogP contribution in [0.3, 0.4) is 0 Å². The molecule has 0 saturated heterocycles. The second-order valence-corrected chi connectivity index (χ2v) is 5.86. The van der Waals surface area contributed by atoms with Crippen LogP contribution in [-0.4, -0.2) is 27.9 Å². The number of amides is 1. The minimum Gasteiger partial charge on any atom is -0.462 e. The van der Waals surface area contributed by atoms with Gasteiger partial charge in [0.15, 0.2) is 0 Å². The van der Waals surface area contributed by atoms with Gasteiger partial charge in [0.05, 0.1) is 17.9 Å². The fourth-order valence-electron chi connectivity index (χ4n) is 2.69. The first-order valence-corrected chi connectivity index (χ1v) is 8.68. The second kappa shape index (κ2) is 7.82. The van der Waals surface area contributed by atoms with Crippen LogP contribution in [0.5, 0.6) is 0 Å². The van der Waals surface area contributed by atoms with Gasteiger partial charge < -0.3 is 10.1 Å². The summed E-state index contributed by atoms with van der Waals surface area (Å²) < 4.78 is 6.88. The van der Waals surface area contributed by atoms with E-state index in [4.69, 9.17) is 4.74 Å². The molecule has 1 aromatic carbocycles. The quantitative estimate of drug-likeness (QED) is 0.687. The van der Waals surface area contributed by atoms with Crippen molar-refractivity contribution >= 4 is 23.2 Å². The van der Waals surface area contributed by atoms with Crippen LogP contribution in [0.15, 0.2) is 48.7 Å². The smallest absolute Gasteiger partial charge is 0.338 e. The van der Waals surface area contributed by atoms with Gasteiger partial charge in [0, 0.05) is 11.9 Å². The van der Waals surface area contributed by atoms with Crippen molar-refractivity contribution in [2.45, 2.75) is 26.7 Å². The molecule has 0 unspecified atom stereocenters. The Balaban J connectivity index is 1.79. The Hall–Kier alpha value is -3.15. The number of benzene rings is 1. The number of carbonyl (C=O) groups is 2. The number of fused-ring (bicyclic) bond motifs is 1. The third-order valence-corrected chi connectivity index (χ3v) is 3.97. The number of esters is 1. The number of ether oxygens (including phenoxy) is 1. The average Bonchev–Trinajstić information content (AvgIpc) is 3.05. The van der Waals surface area contributed by atoms with Gasteiger partial charge in [-0.3, -0.25) is 9.20 Å². The van der Waals surface area contributed by atoms with Crippen LogP contribution >= 0.6 is 0 Å². The van der Waals surface area contributed by atoms with E-state index < -0.39 is 0 Å². The molecule has 2 heterocycles. The number of hydrogen-bond acceptors (Lipinski definition) is 4. The molecular weight excluding hydrogens is 330 g/mol. The Morgan fingerprint density at radius 3 is 2.58 bits per heavy atom. The van der Waals surface area contributed by atoms with E-state index >= 15 is 0 Å². The highest BCUT2D eigenvalue weighted by Gasteiger charge is 2.18. The number of pyridine rings is 1. The number of anilines is 1. The molecule has 1 amide bonds. The average molecular weight is 351 g/mol. The summed E-state index contributed by atoms with van der Waals surface area (Å²) in [5.41, 5.74) is 3.07. The van der Waals surface area contributed by atoms with E-state index in [1.807, 2.05) is 38.2 Å². The lowest BCUT2D eigenvalue weighted by atomic mass is 10.2. The molecule has 0 bridgehead atoms. The number of imidazole rings is 1. The molecule has 0 fully saturated rings. The fourth-order valence-corrected chi connectivity index (χ4v) is 2.69. The predicted molar refractivity (Wildman–Crippen MR) is 99.5 cm³/mol. The molecule has 2 aromatic heterocycles. The van der Waals surface area contributed by atoms with E-state index in [0.29, 0.717) is 30.0 Å². The minimum absolute atomic E-state index is 0.234. The van der Waals surface area contributed by atoms with Crippen LogP contribution in [0.2, 0.25) is 0 Å². The van der Waals surface area contributed by atoms with Crippen molar-refractivity contribution < 1.29 is 14.3 Å². The number of carbonyl (C=O) groups excluding carboxylic acids is 2. The Bertz CT molecular complexity index is 929. The van der Waals surface area contributed by atoms with E-state index in [9.17, 15) is 9.59 Å². The second-order valence-electron chi connectivity index (χ2n) is 5.86. The summed E-state index contributed by atoms with van der Waals surface area (Å²) in [5.74, 6) is -0.596. The van der Waals surface area contributed by atoms with Gasteiger partial charge in [-0.25, -0.2) is 9.78 Å². The lowest BCUT2D eigenvalue weighted by molar-refractivity contribution is 0.0505. The fraction of sp³-hybridized carbons (Fsp3) is 0.250. The number of aryl methyl sites for hydroxylation is 1. The summed E-state index contributed by atoms with van der Waals surface area (Å²) in [4.78, 5) is 29.1. The Morgan fingerprint density at radius 1 is 1.12 bits per heavy atom. The zero-order chi connectivity index (χ0) is 18.5. The molecule has 0 aliphatic rings. The summed E-state index contributed by atoms with van der Waals surface area (Å²) in [7, 11) is 0. The molecule has 3 aromatic rings. The van der Waals surface area contributed by atoms with Crippen molar-refractivity contribution in [3.8, 4) is 0 Å². The van der Waals surface area contributed by atoms with Crippen molar-refractivity contribution in [1.82, 2.24) is 9.38 Å². The molecular formula is C20H21N3O3. The lowest BCUT2D eigenvalue weighted by Gasteiger charge is -2.08. The number of rotatable bonds is 6. The summed E-state index contributed by atoms with van der Waals surface area (Å²) in [6, 6.07) is 12.3. The predicted octanol–water partition coefficient (Wildman–Crippen LogP) is 3.72. The monoisotopic (exact) mass is 351 g/mol. The van der Waals surface area contributed by atoms with Crippen LogP contribution in [0, 0.1) is 0 Å². The van der Waals surface area contributed by atoms with Crippen molar-refractivity contribution in [1.29, 1.82) is 0 Å². The van der Waals surface area contributed by atoms with Gasteiger partial charge in [-0.2, -0.15) is 0 Å².